The van der Waals surface area contributed by atoms with E-state index in [1.54, 1.807) is 0 Å². The third-order valence-corrected chi connectivity index (χ3v) is 1.20. The minimum Gasteiger partial charge on any atom is -0.423 e. The Hall–Kier alpha value is -1.43. The molecule has 13 heavy (non-hydrogen) atoms. The van der Waals surface area contributed by atoms with Gasteiger partial charge in [-0.3, -0.25) is 4.79 Å². The highest BCUT2D eigenvalue weighted by Gasteiger charge is 2.09. The van der Waals surface area contributed by atoms with E-state index in [0.717, 1.165) is 6.42 Å². The van der Waals surface area contributed by atoms with Gasteiger partial charge < -0.3 is 15.1 Å². The van der Waals surface area contributed by atoms with Crippen LogP contribution in [-0.2, 0) is 11.3 Å². The normalized spacial score (nSPS) is 10.7. The first kappa shape index (κ1) is 9.66. The molecule has 1 rings (SSSR count). The lowest BCUT2D eigenvalue weighted by molar-refractivity contribution is -0.114. The van der Waals surface area contributed by atoms with Gasteiger partial charge in [-0.05, 0) is 14.1 Å². The van der Waals surface area contributed by atoms with Crippen molar-refractivity contribution in [1.29, 1.82) is 0 Å². The summed E-state index contributed by atoms with van der Waals surface area (Å²) in [6.45, 7) is 0.541. The number of amides is 1. The number of rotatable bonds is 4. The van der Waals surface area contributed by atoms with Crippen LogP contribution in [0.25, 0.3) is 0 Å². The first-order valence-corrected chi connectivity index (χ1v) is 3.69. The molecule has 6 nitrogen and oxygen atoms in total. The Labute approximate surface area is 75.7 Å². The van der Waals surface area contributed by atoms with E-state index in [0.29, 0.717) is 12.4 Å². The second kappa shape index (κ2) is 3.99. The van der Waals surface area contributed by atoms with Crippen LogP contribution in [0, 0.1) is 6.42 Å². The van der Waals surface area contributed by atoms with E-state index in [1.165, 1.54) is 0 Å². The van der Waals surface area contributed by atoms with Gasteiger partial charge in [0.2, 0.25) is 17.7 Å². The van der Waals surface area contributed by atoms with Crippen molar-refractivity contribution in [2.24, 2.45) is 5.73 Å². The van der Waals surface area contributed by atoms with E-state index in [9.17, 15) is 4.79 Å². The van der Waals surface area contributed by atoms with Gasteiger partial charge in [-0.15, -0.1) is 10.2 Å². The summed E-state index contributed by atoms with van der Waals surface area (Å²) in [4.78, 5) is 12.3. The molecule has 0 fully saturated rings. The third-order valence-electron chi connectivity index (χ3n) is 1.20. The van der Waals surface area contributed by atoms with E-state index >= 15 is 0 Å². The molecule has 71 valence electrons. The Morgan fingerprint density at radius 1 is 1.62 bits per heavy atom. The zero-order valence-corrected chi connectivity index (χ0v) is 7.52. The van der Waals surface area contributed by atoms with Crippen LogP contribution < -0.4 is 5.73 Å². The van der Waals surface area contributed by atoms with Crippen LogP contribution in [0.1, 0.15) is 11.8 Å². The number of carbonyl (C=O) groups is 1. The first-order chi connectivity index (χ1) is 6.08. The quantitative estimate of drug-likeness (QED) is 0.658. The molecule has 2 N–H and O–H groups in total. The van der Waals surface area contributed by atoms with E-state index in [4.69, 9.17) is 10.2 Å². The Kier molecular flexibility index (Phi) is 2.97. The first-order valence-electron chi connectivity index (χ1n) is 3.69. The molecule has 1 aromatic rings. The molecule has 0 aliphatic carbocycles. The summed E-state index contributed by atoms with van der Waals surface area (Å²) in [5.74, 6) is 0.00176. The Bertz CT molecular complexity index is 294. The fourth-order valence-corrected chi connectivity index (χ4v) is 0.781. The lowest BCUT2D eigenvalue weighted by Crippen LogP contribution is -2.11. The van der Waals surface area contributed by atoms with Gasteiger partial charge in [0, 0.05) is 0 Å². The summed E-state index contributed by atoms with van der Waals surface area (Å²) < 4.78 is 5.08. The van der Waals surface area contributed by atoms with Crippen LogP contribution in [0.5, 0.6) is 0 Å². The molecular weight excluding hydrogens is 172 g/mol. The van der Waals surface area contributed by atoms with E-state index in [-0.39, 0.29) is 5.89 Å². The average Bonchev–Trinajstić information content (AvgIpc) is 2.33. The van der Waals surface area contributed by atoms with E-state index in [1.807, 2.05) is 19.0 Å². The van der Waals surface area contributed by atoms with E-state index < -0.39 is 5.91 Å². The summed E-state index contributed by atoms with van der Waals surface area (Å²) in [7, 11) is 3.75. The standard InChI is InChI=1S/C7H11N4O2/c1-11(2)4-7-10-9-6(13-7)3-5(8)12/h3H,4H2,1-2H3,(H2,8,12). The van der Waals surface area contributed by atoms with Crippen molar-refractivity contribution in [3.63, 3.8) is 0 Å². The summed E-state index contributed by atoms with van der Waals surface area (Å²) in [5, 5.41) is 7.32. The van der Waals surface area contributed by atoms with Crippen LogP contribution in [0.2, 0.25) is 0 Å². The Morgan fingerprint density at radius 2 is 2.31 bits per heavy atom. The summed E-state index contributed by atoms with van der Waals surface area (Å²) in [6.07, 6.45) is 1.09. The van der Waals surface area contributed by atoms with Crippen molar-refractivity contribution in [2.45, 2.75) is 6.54 Å². The average molecular weight is 183 g/mol. The van der Waals surface area contributed by atoms with Gasteiger partial charge in [0.15, 0.2) is 0 Å². The SMILES string of the molecule is CN(C)Cc1nnc([CH]C(N)=O)o1. The van der Waals surface area contributed by atoms with Crippen molar-refractivity contribution in [2.75, 3.05) is 14.1 Å². The molecule has 1 radical (unpaired) electrons. The third kappa shape index (κ3) is 3.20. The zero-order valence-electron chi connectivity index (χ0n) is 7.52. The fraction of sp³-hybridized carbons (Fsp3) is 0.429. The van der Waals surface area contributed by atoms with Gasteiger partial charge in [-0.2, -0.15) is 0 Å². The molecule has 0 bridgehead atoms. The number of nitrogens with zero attached hydrogens (tertiary/aromatic N) is 3. The van der Waals surface area contributed by atoms with Crippen molar-refractivity contribution in [3.8, 4) is 0 Å². The maximum atomic E-state index is 10.4. The number of hydrogen-bond acceptors (Lipinski definition) is 5. The predicted molar refractivity (Wildman–Crippen MR) is 44.3 cm³/mol. The second-order valence-electron chi connectivity index (χ2n) is 2.82. The van der Waals surface area contributed by atoms with Gasteiger partial charge in [-0.1, -0.05) is 0 Å². The van der Waals surface area contributed by atoms with Gasteiger partial charge >= 0.3 is 0 Å². The molecule has 0 unspecified atom stereocenters. The molecule has 0 aliphatic heterocycles. The minimum absolute atomic E-state index is 0.143. The Balaban J connectivity index is 2.58. The highest BCUT2D eigenvalue weighted by Crippen LogP contribution is 2.03. The molecular formula is C7H11N4O2. The van der Waals surface area contributed by atoms with E-state index in [2.05, 4.69) is 10.2 Å². The number of aromatic nitrogens is 2. The molecule has 1 heterocycles. The highest BCUT2D eigenvalue weighted by molar-refractivity contribution is 5.85. The molecule has 0 atom stereocenters. The molecule has 0 spiro atoms. The Morgan fingerprint density at radius 3 is 2.85 bits per heavy atom. The monoisotopic (exact) mass is 183 g/mol. The van der Waals surface area contributed by atoms with Crippen molar-refractivity contribution < 1.29 is 9.21 Å². The minimum atomic E-state index is -0.597. The maximum Gasteiger partial charge on any atom is 0.231 e. The summed E-state index contributed by atoms with van der Waals surface area (Å²) >= 11 is 0. The number of nitrogens with two attached hydrogens (primary N) is 1. The molecule has 1 amide bonds. The van der Waals surface area contributed by atoms with Crippen LogP contribution in [0.15, 0.2) is 4.42 Å². The molecule has 6 heteroatoms. The van der Waals surface area contributed by atoms with Gasteiger partial charge in [-0.25, -0.2) is 0 Å². The number of primary amides is 1. The van der Waals surface area contributed by atoms with Crippen molar-refractivity contribution >= 4 is 5.91 Å². The molecule has 0 aromatic carbocycles. The smallest absolute Gasteiger partial charge is 0.231 e. The van der Waals surface area contributed by atoms with Gasteiger partial charge in [0.1, 0.15) is 6.42 Å². The van der Waals surface area contributed by atoms with Crippen LogP contribution >= 0.6 is 0 Å². The van der Waals surface area contributed by atoms with Crippen molar-refractivity contribution in [1.82, 2.24) is 15.1 Å². The predicted octanol–water partition coefficient (Wildman–Crippen LogP) is -0.831. The van der Waals surface area contributed by atoms with Gasteiger partial charge in [0.05, 0.1) is 6.54 Å². The topological polar surface area (TPSA) is 85.3 Å². The van der Waals surface area contributed by atoms with Crippen LogP contribution in [0.3, 0.4) is 0 Å². The van der Waals surface area contributed by atoms with Crippen LogP contribution in [-0.4, -0.2) is 35.1 Å². The number of hydrogen-bond donors (Lipinski definition) is 1. The second-order valence-corrected chi connectivity index (χ2v) is 2.82. The van der Waals surface area contributed by atoms with Gasteiger partial charge in [0.25, 0.3) is 0 Å². The summed E-state index contributed by atoms with van der Waals surface area (Å²) in [6, 6.07) is 0. The summed E-state index contributed by atoms with van der Waals surface area (Å²) in [5.41, 5.74) is 4.90. The fourth-order valence-electron chi connectivity index (χ4n) is 0.781. The van der Waals surface area contributed by atoms with Crippen molar-refractivity contribution in [3.05, 3.63) is 18.2 Å². The molecule has 0 aliphatic rings. The van der Waals surface area contributed by atoms with Crippen LogP contribution in [0.4, 0.5) is 0 Å². The number of carbonyl (C=O) groups excluding carboxylic acids is 1. The zero-order chi connectivity index (χ0) is 9.84. The lowest BCUT2D eigenvalue weighted by atomic mass is 10.4. The molecule has 0 saturated heterocycles. The largest absolute Gasteiger partial charge is 0.423 e. The molecule has 1 aromatic heterocycles. The maximum absolute atomic E-state index is 10.4. The molecule has 0 saturated carbocycles. The highest BCUT2D eigenvalue weighted by atomic mass is 16.4. The lowest BCUT2D eigenvalue weighted by Gasteiger charge is -2.03.